The molecule has 0 spiro atoms. The number of rotatable bonds is 5. The smallest absolute Gasteiger partial charge is 0.387 e. The molecule has 0 heterocycles. The van der Waals surface area contributed by atoms with E-state index in [-0.39, 0.29) is 16.5 Å². The molecule has 2 N–H and O–H groups in total. The van der Waals surface area contributed by atoms with E-state index in [0.29, 0.717) is 12.8 Å². The van der Waals surface area contributed by atoms with Crippen molar-refractivity contribution in [3.05, 3.63) is 23.2 Å². The molecular formula is C13H12ClF2NO4. The van der Waals surface area contributed by atoms with Crippen LogP contribution in [0.25, 0.3) is 0 Å². The molecule has 1 amide bonds. The van der Waals surface area contributed by atoms with Gasteiger partial charge < -0.3 is 15.2 Å². The van der Waals surface area contributed by atoms with Crippen molar-refractivity contribution in [2.24, 2.45) is 11.8 Å². The highest BCUT2D eigenvalue weighted by Crippen LogP contribution is 2.36. The van der Waals surface area contributed by atoms with E-state index in [4.69, 9.17) is 16.7 Å². The lowest BCUT2D eigenvalue weighted by atomic mass is 9.73. The third kappa shape index (κ3) is 3.60. The Morgan fingerprint density at radius 3 is 2.52 bits per heavy atom. The highest BCUT2D eigenvalue weighted by Gasteiger charge is 2.41. The monoisotopic (exact) mass is 319 g/mol. The number of anilines is 1. The van der Waals surface area contributed by atoms with Crippen LogP contribution in [0.4, 0.5) is 14.5 Å². The SMILES string of the molecule is O=C(O)C1CCC1C(=O)Nc1ccc(Cl)c(OC(F)F)c1. The maximum atomic E-state index is 12.2. The Balaban J connectivity index is 2.06. The molecule has 0 radical (unpaired) electrons. The molecule has 0 aliphatic heterocycles. The number of nitrogens with one attached hydrogen (secondary N) is 1. The number of benzene rings is 1. The van der Waals surface area contributed by atoms with Crippen LogP contribution < -0.4 is 10.1 Å². The number of carbonyl (C=O) groups excluding carboxylic acids is 1. The fraction of sp³-hybridized carbons (Fsp3) is 0.385. The summed E-state index contributed by atoms with van der Waals surface area (Å²) in [4.78, 5) is 22.8. The Labute approximate surface area is 123 Å². The molecular weight excluding hydrogens is 308 g/mol. The van der Waals surface area contributed by atoms with Crippen molar-refractivity contribution in [2.45, 2.75) is 19.5 Å². The molecule has 1 aromatic carbocycles. The van der Waals surface area contributed by atoms with Gasteiger partial charge in [0.05, 0.1) is 16.9 Å². The highest BCUT2D eigenvalue weighted by molar-refractivity contribution is 6.32. The van der Waals surface area contributed by atoms with E-state index in [9.17, 15) is 18.4 Å². The quantitative estimate of drug-likeness (QED) is 0.875. The summed E-state index contributed by atoms with van der Waals surface area (Å²) < 4.78 is 28.6. The molecule has 1 aromatic rings. The molecule has 2 rings (SSSR count). The highest BCUT2D eigenvalue weighted by atomic mass is 35.5. The molecule has 0 bridgehead atoms. The number of hydrogen-bond acceptors (Lipinski definition) is 3. The molecule has 1 fully saturated rings. The molecule has 114 valence electrons. The van der Waals surface area contributed by atoms with Crippen LogP contribution in [0.15, 0.2) is 18.2 Å². The predicted molar refractivity (Wildman–Crippen MR) is 70.6 cm³/mol. The van der Waals surface area contributed by atoms with Gasteiger partial charge in [0.1, 0.15) is 5.75 Å². The van der Waals surface area contributed by atoms with Gasteiger partial charge in [-0.15, -0.1) is 0 Å². The van der Waals surface area contributed by atoms with Crippen LogP contribution in [0.2, 0.25) is 5.02 Å². The second kappa shape index (κ2) is 6.26. The van der Waals surface area contributed by atoms with E-state index < -0.39 is 30.3 Å². The zero-order valence-electron chi connectivity index (χ0n) is 10.7. The first kappa shape index (κ1) is 15.5. The standard InChI is InChI=1S/C13H12ClF2NO4/c14-9-4-1-6(5-10(9)21-13(15)16)17-11(18)7-2-3-8(7)12(19)20/h1,4-5,7-8,13H,2-3H2,(H,17,18)(H,19,20). The topological polar surface area (TPSA) is 75.6 Å². The van der Waals surface area contributed by atoms with Gasteiger partial charge >= 0.3 is 12.6 Å². The van der Waals surface area contributed by atoms with Gasteiger partial charge in [0, 0.05) is 11.8 Å². The average Bonchev–Trinajstić information content (AvgIpc) is 2.30. The number of halogens is 3. The van der Waals surface area contributed by atoms with E-state index in [1.165, 1.54) is 18.2 Å². The Kier molecular flexibility index (Phi) is 4.62. The maximum absolute atomic E-state index is 12.2. The Morgan fingerprint density at radius 2 is 2.00 bits per heavy atom. The fourth-order valence-corrected chi connectivity index (χ4v) is 2.27. The van der Waals surface area contributed by atoms with Gasteiger partial charge in [0.15, 0.2) is 0 Å². The van der Waals surface area contributed by atoms with Crippen molar-refractivity contribution in [3.63, 3.8) is 0 Å². The second-order valence-corrected chi connectivity index (χ2v) is 5.05. The Morgan fingerprint density at radius 1 is 1.33 bits per heavy atom. The maximum Gasteiger partial charge on any atom is 0.387 e. The van der Waals surface area contributed by atoms with E-state index in [0.717, 1.165) is 0 Å². The van der Waals surface area contributed by atoms with Gasteiger partial charge in [-0.05, 0) is 25.0 Å². The summed E-state index contributed by atoms with van der Waals surface area (Å²) in [7, 11) is 0. The first-order chi connectivity index (χ1) is 9.88. The largest absolute Gasteiger partial charge is 0.481 e. The fourth-order valence-electron chi connectivity index (χ4n) is 2.11. The summed E-state index contributed by atoms with van der Waals surface area (Å²) in [6.07, 6.45) is 0.935. The molecule has 21 heavy (non-hydrogen) atoms. The van der Waals surface area contributed by atoms with Crippen molar-refractivity contribution < 1.29 is 28.2 Å². The number of amides is 1. The summed E-state index contributed by atoms with van der Waals surface area (Å²) in [5.74, 6) is -3.04. The van der Waals surface area contributed by atoms with Crippen LogP contribution in [-0.4, -0.2) is 23.6 Å². The normalized spacial score (nSPS) is 20.8. The van der Waals surface area contributed by atoms with Crippen LogP contribution in [0.5, 0.6) is 5.75 Å². The lowest BCUT2D eigenvalue weighted by Crippen LogP contribution is -2.41. The van der Waals surface area contributed by atoms with Crippen LogP contribution >= 0.6 is 11.6 Å². The van der Waals surface area contributed by atoms with Gasteiger partial charge in [-0.3, -0.25) is 9.59 Å². The number of hydrogen-bond donors (Lipinski definition) is 2. The van der Waals surface area contributed by atoms with Crippen molar-refractivity contribution >= 4 is 29.2 Å². The second-order valence-electron chi connectivity index (χ2n) is 4.64. The third-order valence-electron chi connectivity index (χ3n) is 3.34. The van der Waals surface area contributed by atoms with Gasteiger partial charge in [-0.1, -0.05) is 11.6 Å². The number of aliphatic carboxylic acids is 1. The summed E-state index contributed by atoms with van der Waals surface area (Å²) in [6.45, 7) is -3.03. The summed E-state index contributed by atoms with van der Waals surface area (Å²) >= 11 is 5.69. The third-order valence-corrected chi connectivity index (χ3v) is 3.66. The molecule has 2 atom stereocenters. The van der Waals surface area contributed by atoms with Crippen LogP contribution in [0, 0.1) is 11.8 Å². The predicted octanol–water partition coefficient (Wildman–Crippen LogP) is 2.99. The molecule has 1 aliphatic carbocycles. The van der Waals surface area contributed by atoms with Gasteiger partial charge in [0.2, 0.25) is 5.91 Å². The number of carbonyl (C=O) groups is 2. The summed E-state index contributed by atoms with van der Waals surface area (Å²) in [5.41, 5.74) is 0.219. The minimum absolute atomic E-state index is 0.0136. The van der Waals surface area contributed by atoms with Crippen molar-refractivity contribution in [1.29, 1.82) is 0 Å². The van der Waals surface area contributed by atoms with Crippen molar-refractivity contribution in [2.75, 3.05) is 5.32 Å². The zero-order chi connectivity index (χ0) is 15.6. The molecule has 8 heteroatoms. The van der Waals surface area contributed by atoms with Gasteiger partial charge in [-0.2, -0.15) is 8.78 Å². The average molecular weight is 320 g/mol. The van der Waals surface area contributed by atoms with E-state index in [2.05, 4.69) is 10.1 Å². The summed E-state index contributed by atoms with van der Waals surface area (Å²) in [5, 5.41) is 11.4. The molecule has 0 aromatic heterocycles. The lowest BCUT2D eigenvalue weighted by molar-refractivity contribution is -0.151. The molecule has 2 unspecified atom stereocenters. The molecule has 1 aliphatic rings. The molecule has 5 nitrogen and oxygen atoms in total. The van der Waals surface area contributed by atoms with Crippen molar-refractivity contribution in [3.8, 4) is 5.75 Å². The zero-order valence-corrected chi connectivity index (χ0v) is 11.4. The van der Waals surface area contributed by atoms with Crippen LogP contribution in [0.3, 0.4) is 0 Å². The van der Waals surface area contributed by atoms with Gasteiger partial charge in [-0.25, -0.2) is 0 Å². The van der Waals surface area contributed by atoms with E-state index >= 15 is 0 Å². The summed E-state index contributed by atoms with van der Waals surface area (Å²) in [6, 6.07) is 3.90. The number of carboxylic acids is 1. The first-order valence-corrected chi connectivity index (χ1v) is 6.54. The van der Waals surface area contributed by atoms with Crippen LogP contribution in [-0.2, 0) is 9.59 Å². The lowest BCUT2D eigenvalue weighted by Gasteiger charge is -2.31. The minimum Gasteiger partial charge on any atom is -0.481 e. The molecule has 0 saturated heterocycles. The van der Waals surface area contributed by atoms with Gasteiger partial charge in [0.25, 0.3) is 0 Å². The molecule has 1 saturated carbocycles. The first-order valence-electron chi connectivity index (χ1n) is 6.16. The van der Waals surface area contributed by atoms with E-state index in [1.54, 1.807) is 0 Å². The number of carboxylic acid groups (broad SMARTS) is 1. The number of ether oxygens (including phenoxy) is 1. The van der Waals surface area contributed by atoms with E-state index in [1.807, 2.05) is 0 Å². The Hall–Kier alpha value is -1.89. The minimum atomic E-state index is -3.03. The Bertz CT molecular complexity index is 567. The number of alkyl halides is 2. The van der Waals surface area contributed by atoms with Crippen molar-refractivity contribution in [1.82, 2.24) is 0 Å². The van der Waals surface area contributed by atoms with Crippen LogP contribution in [0.1, 0.15) is 12.8 Å².